The number of ether oxygens (including phenoxy) is 1. The number of benzene rings is 5. The summed E-state index contributed by atoms with van der Waals surface area (Å²) < 4.78 is 6.23. The fourth-order valence-electron chi connectivity index (χ4n) is 6.90. The van der Waals surface area contributed by atoms with Crippen molar-refractivity contribution in [2.24, 2.45) is 0 Å². The molecule has 0 N–H and O–H groups in total. The van der Waals surface area contributed by atoms with Crippen molar-refractivity contribution in [3.63, 3.8) is 0 Å². The molecule has 0 saturated heterocycles. The Morgan fingerprint density at radius 1 is 0.646 bits per heavy atom. The standard InChI is InChI=1S/C26H21O.C17H25Si.2ClH.Ti/c1-20-17-18-25(27-23-15-9-4-10-16-23)24(19-20)26(21-11-5-2-6-12-21)22-13-7-3-8-14-22;1-9-10(2)12(4)16-15(11(9)3)13(5)14(6)17(16)18(7)8;;;/h2-17,19,26H,1H3;17H,1-8H3;2*1H;/q-1;;;;+3/p-2. The average Bonchev–Trinajstić information content (AvgIpc) is 3.32. The molecule has 0 spiro atoms. The number of halogens is 2. The van der Waals surface area contributed by atoms with Gasteiger partial charge >= 0.3 is 21.7 Å². The number of rotatable bonds is 6. The molecule has 0 aliphatic heterocycles. The van der Waals surface area contributed by atoms with Crippen LogP contribution in [0.15, 0.2) is 109 Å². The van der Waals surface area contributed by atoms with Crippen LogP contribution in [0.5, 0.6) is 11.5 Å². The van der Waals surface area contributed by atoms with Crippen molar-refractivity contribution in [2.75, 3.05) is 0 Å². The van der Waals surface area contributed by atoms with E-state index in [1.807, 2.05) is 36.4 Å². The Morgan fingerprint density at radius 3 is 1.62 bits per heavy atom. The van der Waals surface area contributed by atoms with Gasteiger partial charge in [-0.05, 0) is 115 Å². The van der Waals surface area contributed by atoms with Crippen LogP contribution in [0.2, 0.25) is 13.1 Å². The first-order valence-electron chi connectivity index (χ1n) is 16.0. The van der Waals surface area contributed by atoms with Crippen LogP contribution in [0, 0.1) is 40.7 Å². The Balaban J connectivity index is 0.000000337. The molecule has 5 aromatic carbocycles. The summed E-state index contributed by atoms with van der Waals surface area (Å²) in [6, 6.07) is 38.6. The molecule has 1 aliphatic carbocycles. The molecule has 0 heterocycles. The maximum Gasteiger partial charge on any atom is 3.00 e. The third-order valence-corrected chi connectivity index (χ3v) is 11.5. The summed E-state index contributed by atoms with van der Waals surface area (Å²) in [6.45, 7) is 20.9. The summed E-state index contributed by atoms with van der Waals surface area (Å²) >= 11 is 0. The van der Waals surface area contributed by atoms with Crippen molar-refractivity contribution in [3.8, 4) is 11.5 Å². The molecule has 1 nitrogen and oxygen atoms in total. The Morgan fingerprint density at radius 2 is 1.12 bits per heavy atom. The summed E-state index contributed by atoms with van der Waals surface area (Å²) in [4.78, 5) is 0. The van der Waals surface area contributed by atoms with E-state index in [2.05, 4.69) is 134 Å². The van der Waals surface area contributed by atoms with Crippen LogP contribution in [-0.2, 0) is 21.7 Å². The van der Waals surface area contributed by atoms with Crippen molar-refractivity contribution < 1.29 is 51.3 Å². The summed E-state index contributed by atoms with van der Waals surface area (Å²) in [6.07, 6.45) is 0. The van der Waals surface area contributed by atoms with Gasteiger partial charge in [-0.3, -0.25) is 0 Å². The van der Waals surface area contributed by atoms with Gasteiger partial charge in [0.05, 0.1) is 8.80 Å². The molecule has 0 fully saturated rings. The summed E-state index contributed by atoms with van der Waals surface area (Å²) in [5.74, 6) is 1.67. The van der Waals surface area contributed by atoms with Gasteiger partial charge < -0.3 is 29.6 Å². The quantitative estimate of drug-likeness (QED) is 0.121. The molecule has 1 unspecified atom stereocenters. The number of fused-ring (bicyclic) bond motifs is 1. The predicted molar refractivity (Wildman–Crippen MR) is 194 cm³/mol. The SMILES string of the molecule is CC1=C(C)C([Si](C)C)c2c(C)c(C)c(C)c(C)c21.Cc1c[c-]c(Oc2ccccc2)c(C(c2ccccc2)c2ccccc2)c1.[Cl-].[Cl-].[Ti+3]. The van der Waals surface area contributed by atoms with Crippen LogP contribution in [0.1, 0.15) is 80.9 Å². The van der Waals surface area contributed by atoms with Crippen LogP contribution in [0.25, 0.3) is 5.57 Å². The largest absolute Gasteiger partial charge is 3.00 e. The molecule has 246 valence electrons. The average molecular weight is 726 g/mol. The van der Waals surface area contributed by atoms with Gasteiger partial charge in [0.15, 0.2) is 0 Å². The molecule has 1 atom stereocenters. The third kappa shape index (κ3) is 8.65. The summed E-state index contributed by atoms with van der Waals surface area (Å²) in [5.41, 5.74) is 17.9. The number of hydrogen-bond donors (Lipinski definition) is 0. The number of hydrogen-bond acceptors (Lipinski definition) is 1. The van der Waals surface area contributed by atoms with Gasteiger partial charge in [0.2, 0.25) is 0 Å². The molecule has 0 amide bonds. The van der Waals surface area contributed by atoms with E-state index in [0.29, 0.717) is 0 Å². The van der Waals surface area contributed by atoms with Gasteiger partial charge in [-0.15, -0.1) is 11.6 Å². The topological polar surface area (TPSA) is 9.23 Å². The van der Waals surface area contributed by atoms with Crippen LogP contribution >= 0.6 is 0 Å². The van der Waals surface area contributed by atoms with Crippen molar-refractivity contribution in [1.82, 2.24) is 0 Å². The molecule has 48 heavy (non-hydrogen) atoms. The third-order valence-electron chi connectivity index (χ3n) is 9.62. The van der Waals surface area contributed by atoms with E-state index in [4.69, 9.17) is 4.74 Å². The van der Waals surface area contributed by atoms with Gasteiger partial charge in [-0.25, -0.2) is 0 Å². The van der Waals surface area contributed by atoms with Crippen molar-refractivity contribution in [3.05, 3.63) is 170 Å². The van der Waals surface area contributed by atoms with Gasteiger partial charge in [0.1, 0.15) is 5.75 Å². The van der Waals surface area contributed by atoms with E-state index < -0.39 is 0 Å². The van der Waals surface area contributed by atoms with Gasteiger partial charge in [-0.2, -0.15) is 17.7 Å². The van der Waals surface area contributed by atoms with Crippen molar-refractivity contribution in [2.45, 2.75) is 73.0 Å². The Labute approximate surface area is 318 Å². The van der Waals surface area contributed by atoms with E-state index in [0.717, 1.165) is 22.6 Å². The second-order valence-corrected chi connectivity index (χ2v) is 15.5. The normalized spacial score (nSPS) is 13.1. The molecular weight excluding hydrogens is 679 g/mol. The molecular formula is C43H46Cl2OSiTi. The summed E-state index contributed by atoms with van der Waals surface area (Å²) in [7, 11) is -0.331. The fraction of sp³-hybridized carbons (Fsp3) is 0.256. The minimum Gasteiger partial charge on any atom is -1.00 e. The van der Waals surface area contributed by atoms with E-state index in [-0.39, 0.29) is 61.2 Å². The van der Waals surface area contributed by atoms with E-state index in [1.165, 1.54) is 33.4 Å². The fourth-order valence-corrected chi connectivity index (χ4v) is 8.93. The van der Waals surface area contributed by atoms with Gasteiger partial charge in [0, 0.05) is 5.75 Å². The molecule has 0 bridgehead atoms. The molecule has 1 aliphatic rings. The number of para-hydroxylation sites is 1. The number of allylic oxidation sites excluding steroid dienone is 2. The first kappa shape index (κ1) is 41.3. The van der Waals surface area contributed by atoms with Gasteiger partial charge in [-0.1, -0.05) is 104 Å². The first-order valence-corrected chi connectivity index (χ1v) is 18.6. The minimum atomic E-state index is -0.331. The van der Waals surface area contributed by atoms with Crippen LogP contribution < -0.4 is 29.6 Å². The minimum absolute atomic E-state index is 0. The molecule has 5 heteroatoms. The smallest absolute Gasteiger partial charge is 1.00 e. The monoisotopic (exact) mass is 724 g/mol. The second kappa shape index (κ2) is 18.2. The number of aryl methyl sites for hydroxylation is 1. The summed E-state index contributed by atoms with van der Waals surface area (Å²) in [5, 5.41) is 0. The zero-order chi connectivity index (χ0) is 32.2. The first-order chi connectivity index (χ1) is 21.6. The zero-order valence-electron chi connectivity index (χ0n) is 29.6. The van der Waals surface area contributed by atoms with Crippen molar-refractivity contribution >= 4 is 14.4 Å². The molecule has 2 radical (unpaired) electrons. The zero-order valence-corrected chi connectivity index (χ0v) is 33.7. The Bertz CT molecular complexity index is 1780. The van der Waals surface area contributed by atoms with E-state index in [9.17, 15) is 0 Å². The second-order valence-electron chi connectivity index (χ2n) is 12.7. The van der Waals surface area contributed by atoms with Gasteiger partial charge in [0.25, 0.3) is 0 Å². The Hall–Kier alpha value is -2.85. The molecule has 0 saturated carbocycles. The predicted octanol–water partition coefficient (Wildman–Crippen LogP) is 5.88. The van der Waals surface area contributed by atoms with Crippen molar-refractivity contribution in [1.29, 1.82) is 0 Å². The van der Waals surface area contributed by atoms with E-state index >= 15 is 0 Å². The maximum atomic E-state index is 6.23. The Kier molecular flexibility index (Phi) is 15.7. The van der Waals surface area contributed by atoms with Crippen LogP contribution in [0.4, 0.5) is 0 Å². The van der Waals surface area contributed by atoms with E-state index in [1.54, 1.807) is 27.8 Å². The molecule has 6 rings (SSSR count). The van der Waals surface area contributed by atoms with Crippen LogP contribution in [-0.4, -0.2) is 8.80 Å². The van der Waals surface area contributed by atoms with Crippen LogP contribution in [0.3, 0.4) is 0 Å². The molecule has 5 aromatic rings. The maximum absolute atomic E-state index is 6.23. The molecule has 0 aromatic heterocycles.